The third-order valence-corrected chi connectivity index (χ3v) is 3.20. The number of aliphatic imine (C=N–C) groups is 1. The maximum Gasteiger partial charge on any atom is 0.286 e. The second-order valence-corrected chi connectivity index (χ2v) is 4.52. The molecule has 0 saturated heterocycles. The third kappa shape index (κ3) is 3.37. The number of hydrogen-bond donors (Lipinski definition) is 0. The Kier molecular flexibility index (Phi) is 4.22. The molecule has 0 fully saturated rings. The molecule has 0 radical (unpaired) electrons. The van der Waals surface area contributed by atoms with Gasteiger partial charge in [0, 0.05) is 23.9 Å². The molecule has 0 aliphatic carbocycles. The summed E-state index contributed by atoms with van der Waals surface area (Å²) in [5.74, 6) is -0.320. The normalized spacial score (nSPS) is 17.9. The topological polar surface area (TPSA) is 88.3 Å². The molecule has 1 unspecified atom stereocenters. The van der Waals surface area contributed by atoms with E-state index in [1.165, 1.54) is 0 Å². The number of carbonyl (C=O) groups excluding carboxylic acids is 1. The zero-order valence-electron chi connectivity index (χ0n) is 10.3. The zero-order chi connectivity index (χ0) is 13.7. The molecule has 1 aromatic rings. The van der Waals surface area contributed by atoms with Crippen LogP contribution in [0.4, 0.5) is 5.69 Å². The van der Waals surface area contributed by atoms with Gasteiger partial charge in [-0.15, -0.1) is 9.81 Å². The van der Waals surface area contributed by atoms with Crippen molar-refractivity contribution < 1.29 is 4.79 Å². The van der Waals surface area contributed by atoms with Crippen LogP contribution in [0.25, 0.3) is 0 Å². The van der Waals surface area contributed by atoms with E-state index >= 15 is 0 Å². The monoisotopic (exact) mass is 259 g/mol. The van der Waals surface area contributed by atoms with Crippen molar-refractivity contribution in [3.8, 4) is 0 Å². The van der Waals surface area contributed by atoms with E-state index in [4.69, 9.17) is 0 Å². The summed E-state index contributed by atoms with van der Waals surface area (Å²) in [4.78, 5) is 35.6. The van der Waals surface area contributed by atoms with Gasteiger partial charge in [0.2, 0.25) is 0 Å². The molecule has 1 atom stereocenters. The Hall–Kier alpha value is -2.24. The summed E-state index contributed by atoms with van der Waals surface area (Å²) in [6.07, 6.45) is 1.59. The number of carbonyl (C=O) groups is 1. The van der Waals surface area contributed by atoms with Crippen molar-refractivity contribution in [3.05, 3.63) is 39.6 Å². The fraction of sp³-hybridized carbons (Fsp3) is 0.385. The molecule has 0 bridgehead atoms. The first-order chi connectivity index (χ1) is 9.22. The summed E-state index contributed by atoms with van der Waals surface area (Å²) in [6.45, 7) is 0.662. The van der Waals surface area contributed by atoms with Crippen LogP contribution in [-0.4, -0.2) is 18.2 Å². The molecular weight excluding hydrogens is 246 g/mol. The van der Waals surface area contributed by atoms with Crippen molar-refractivity contribution in [2.75, 3.05) is 6.54 Å². The van der Waals surface area contributed by atoms with Gasteiger partial charge in [0.25, 0.3) is 5.91 Å². The SMILES string of the molecule is O=NC(=O)CCC1CN=C(c2ccc(N=O)cc2)C1. The number of nitrogens with zero attached hydrogens (tertiary/aromatic N) is 3. The fourth-order valence-corrected chi connectivity index (χ4v) is 2.13. The molecule has 0 aromatic heterocycles. The van der Waals surface area contributed by atoms with Crippen LogP contribution in [-0.2, 0) is 4.79 Å². The van der Waals surface area contributed by atoms with Gasteiger partial charge in [0.15, 0.2) is 0 Å². The van der Waals surface area contributed by atoms with Gasteiger partial charge in [-0.2, -0.15) is 0 Å². The standard InChI is InChI=1S/C13H13N3O3/c17-13(16-19)6-1-9-7-12(14-8-9)10-2-4-11(15-18)5-3-10/h2-5,9H,1,6-8H2. The number of nitroso groups, excluding NO2 is 2. The van der Waals surface area contributed by atoms with Crippen LogP contribution in [0.3, 0.4) is 0 Å². The predicted molar refractivity (Wildman–Crippen MR) is 71.4 cm³/mol. The van der Waals surface area contributed by atoms with Crippen molar-refractivity contribution in [2.45, 2.75) is 19.3 Å². The first-order valence-electron chi connectivity index (χ1n) is 6.06. The lowest BCUT2D eigenvalue weighted by atomic mass is 9.97. The highest BCUT2D eigenvalue weighted by Gasteiger charge is 2.20. The van der Waals surface area contributed by atoms with Crippen LogP contribution in [0, 0.1) is 15.7 Å². The molecule has 0 spiro atoms. The first-order valence-corrected chi connectivity index (χ1v) is 6.06. The largest absolute Gasteiger partial charge is 0.289 e. The molecule has 2 rings (SSSR count). The molecule has 6 nitrogen and oxygen atoms in total. The van der Waals surface area contributed by atoms with Crippen molar-refractivity contribution in [2.24, 2.45) is 21.3 Å². The molecule has 6 heteroatoms. The summed E-state index contributed by atoms with van der Waals surface area (Å²) in [7, 11) is 0. The summed E-state index contributed by atoms with van der Waals surface area (Å²) in [6, 6.07) is 6.93. The minimum atomic E-state index is -0.602. The molecule has 1 aromatic carbocycles. The molecule has 1 heterocycles. The van der Waals surface area contributed by atoms with Crippen LogP contribution < -0.4 is 0 Å². The van der Waals surface area contributed by atoms with E-state index in [0.29, 0.717) is 18.7 Å². The molecule has 19 heavy (non-hydrogen) atoms. The Morgan fingerprint density at radius 2 is 2.00 bits per heavy atom. The average Bonchev–Trinajstić information content (AvgIpc) is 2.93. The Balaban J connectivity index is 1.91. The van der Waals surface area contributed by atoms with Crippen LogP contribution >= 0.6 is 0 Å². The highest BCUT2D eigenvalue weighted by atomic mass is 16.3. The van der Waals surface area contributed by atoms with E-state index in [0.717, 1.165) is 17.7 Å². The van der Waals surface area contributed by atoms with E-state index in [9.17, 15) is 14.6 Å². The molecule has 1 aliphatic rings. The second-order valence-electron chi connectivity index (χ2n) is 4.52. The third-order valence-electron chi connectivity index (χ3n) is 3.20. The van der Waals surface area contributed by atoms with E-state index in [2.05, 4.69) is 15.3 Å². The maximum absolute atomic E-state index is 10.8. The Bertz CT molecular complexity index is 522. The Labute approximate surface area is 109 Å². The van der Waals surface area contributed by atoms with Gasteiger partial charge < -0.3 is 0 Å². The Morgan fingerprint density at radius 1 is 1.26 bits per heavy atom. The summed E-state index contributed by atoms with van der Waals surface area (Å²) >= 11 is 0. The van der Waals surface area contributed by atoms with Gasteiger partial charge in [0.05, 0.1) is 0 Å². The number of benzene rings is 1. The highest BCUT2D eigenvalue weighted by Crippen LogP contribution is 2.24. The summed E-state index contributed by atoms with van der Waals surface area (Å²) < 4.78 is 0. The van der Waals surface area contributed by atoms with Crippen molar-refractivity contribution >= 4 is 17.3 Å². The van der Waals surface area contributed by atoms with Gasteiger partial charge in [-0.3, -0.25) is 9.79 Å². The smallest absolute Gasteiger partial charge is 0.286 e. The van der Waals surface area contributed by atoms with Gasteiger partial charge >= 0.3 is 0 Å². The molecular formula is C13H13N3O3. The lowest BCUT2D eigenvalue weighted by Crippen LogP contribution is -2.05. The lowest BCUT2D eigenvalue weighted by molar-refractivity contribution is -0.118. The van der Waals surface area contributed by atoms with Crippen molar-refractivity contribution in [3.63, 3.8) is 0 Å². The molecule has 98 valence electrons. The molecule has 0 N–H and O–H groups in total. The number of amides is 1. The quantitative estimate of drug-likeness (QED) is 0.761. The molecule has 0 saturated carbocycles. The average molecular weight is 259 g/mol. The predicted octanol–water partition coefficient (Wildman–Crippen LogP) is 2.97. The van der Waals surface area contributed by atoms with E-state index in [1.54, 1.807) is 12.1 Å². The van der Waals surface area contributed by atoms with E-state index < -0.39 is 5.91 Å². The maximum atomic E-state index is 10.8. The van der Waals surface area contributed by atoms with E-state index in [-0.39, 0.29) is 12.3 Å². The number of hydrogen-bond acceptors (Lipinski definition) is 5. The second kappa shape index (κ2) is 6.08. The summed E-state index contributed by atoms with van der Waals surface area (Å²) in [5, 5.41) is 5.22. The van der Waals surface area contributed by atoms with Crippen molar-refractivity contribution in [1.29, 1.82) is 0 Å². The van der Waals surface area contributed by atoms with Gasteiger partial charge in [-0.1, -0.05) is 12.1 Å². The minimum Gasteiger partial charge on any atom is -0.289 e. The summed E-state index contributed by atoms with van der Waals surface area (Å²) in [5.41, 5.74) is 2.32. The first kappa shape index (κ1) is 13.2. The molecule has 1 aliphatic heterocycles. The zero-order valence-corrected chi connectivity index (χ0v) is 10.3. The van der Waals surface area contributed by atoms with Crippen LogP contribution in [0.15, 0.2) is 39.6 Å². The number of rotatable bonds is 5. The van der Waals surface area contributed by atoms with Gasteiger partial charge in [-0.05, 0) is 41.6 Å². The van der Waals surface area contributed by atoms with Gasteiger partial charge in [0.1, 0.15) is 5.69 Å². The van der Waals surface area contributed by atoms with Gasteiger partial charge in [-0.25, -0.2) is 0 Å². The highest BCUT2D eigenvalue weighted by molar-refractivity contribution is 6.02. The van der Waals surface area contributed by atoms with E-state index in [1.807, 2.05) is 12.1 Å². The van der Waals surface area contributed by atoms with Crippen LogP contribution in [0.2, 0.25) is 0 Å². The Morgan fingerprint density at radius 3 is 2.63 bits per heavy atom. The van der Waals surface area contributed by atoms with Crippen molar-refractivity contribution in [1.82, 2.24) is 0 Å². The lowest BCUT2D eigenvalue weighted by Gasteiger charge is -2.06. The minimum absolute atomic E-state index is 0.185. The van der Waals surface area contributed by atoms with Crippen LogP contribution in [0.1, 0.15) is 24.8 Å². The molecule has 1 amide bonds. The van der Waals surface area contributed by atoms with Crippen LogP contribution in [0.5, 0.6) is 0 Å². The fourth-order valence-electron chi connectivity index (χ4n) is 2.13.